The fraction of sp³-hybridized carbons (Fsp3) is 0.0800. The topological polar surface area (TPSA) is 130 Å². The van der Waals surface area contributed by atoms with Crippen LogP contribution < -0.4 is 10.2 Å². The number of hydrogen-bond donors (Lipinski definition) is 2. The molecular formula is C25H18ClN3O6. The van der Waals surface area contributed by atoms with Crippen molar-refractivity contribution in [2.75, 3.05) is 10.2 Å². The van der Waals surface area contributed by atoms with Gasteiger partial charge in [0.05, 0.1) is 16.5 Å². The Morgan fingerprint density at radius 3 is 2.14 bits per heavy atom. The second-order valence-corrected chi connectivity index (χ2v) is 8.19. The van der Waals surface area contributed by atoms with Crippen molar-refractivity contribution in [3.63, 3.8) is 0 Å². The largest absolute Gasteiger partial charge is 0.507 e. The van der Waals surface area contributed by atoms with E-state index in [2.05, 4.69) is 5.32 Å². The molecule has 1 aliphatic heterocycles. The van der Waals surface area contributed by atoms with Crippen LogP contribution in [-0.4, -0.2) is 27.6 Å². The van der Waals surface area contributed by atoms with Crippen LogP contribution in [0.4, 0.5) is 17.1 Å². The third-order valence-electron chi connectivity index (χ3n) is 5.45. The normalized spacial score (nSPS) is 16.9. The van der Waals surface area contributed by atoms with Gasteiger partial charge in [0, 0.05) is 41.0 Å². The molecule has 0 bridgehead atoms. The fourth-order valence-electron chi connectivity index (χ4n) is 3.86. The van der Waals surface area contributed by atoms with Gasteiger partial charge < -0.3 is 10.4 Å². The molecule has 3 aromatic carbocycles. The Morgan fingerprint density at radius 2 is 1.60 bits per heavy atom. The van der Waals surface area contributed by atoms with Crippen molar-refractivity contribution in [2.45, 2.75) is 13.0 Å². The summed E-state index contributed by atoms with van der Waals surface area (Å²) in [5.41, 5.74) is 1.18. The predicted molar refractivity (Wildman–Crippen MR) is 130 cm³/mol. The fourth-order valence-corrected chi connectivity index (χ4v) is 3.99. The number of hydrogen-bond acceptors (Lipinski definition) is 6. The zero-order valence-electron chi connectivity index (χ0n) is 18.3. The van der Waals surface area contributed by atoms with E-state index in [1.165, 1.54) is 36.1 Å². The number of nitro groups is 1. The molecule has 0 unspecified atom stereocenters. The molecule has 176 valence electrons. The molecule has 1 heterocycles. The molecule has 0 saturated carbocycles. The molecule has 0 radical (unpaired) electrons. The molecular weight excluding hydrogens is 474 g/mol. The van der Waals surface area contributed by atoms with Gasteiger partial charge in [-0.3, -0.25) is 29.4 Å². The Hall–Kier alpha value is -4.50. The number of aliphatic hydroxyl groups is 1. The van der Waals surface area contributed by atoms with Gasteiger partial charge in [0.15, 0.2) is 0 Å². The molecule has 35 heavy (non-hydrogen) atoms. The van der Waals surface area contributed by atoms with Crippen molar-refractivity contribution in [3.05, 3.63) is 105 Å². The van der Waals surface area contributed by atoms with Crippen LogP contribution in [0.1, 0.15) is 24.1 Å². The van der Waals surface area contributed by atoms with E-state index in [0.29, 0.717) is 22.0 Å². The van der Waals surface area contributed by atoms with Gasteiger partial charge in [-0.2, -0.15) is 0 Å². The first-order chi connectivity index (χ1) is 16.7. The van der Waals surface area contributed by atoms with Gasteiger partial charge >= 0.3 is 0 Å². The third kappa shape index (κ3) is 4.62. The van der Waals surface area contributed by atoms with Crippen molar-refractivity contribution >= 4 is 52.0 Å². The van der Waals surface area contributed by atoms with E-state index in [1.54, 1.807) is 48.5 Å². The lowest BCUT2D eigenvalue weighted by atomic mass is 9.95. The quantitative estimate of drug-likeness (QED) is 0.173. The van der Waals surface area contributed by atoms with E-state index in [0.717, 1.165) is 0 Å². The Kier molecular flexibility index (Phi) is 6.35. The van der Waals surface area contributed by atoms with Crippen LogP contribution in [0, 0.1) is 10.1 Å². The minimum absolute atomic E-state index is 0.147. The number of halogens is 1. The Bertz CT molecular complexity index is 1370. The molecule has 0 spiro atoms. The number of carbonyl (C=O) groups excluding carboxylic acids is 3. The van der Waals surface area contributed by atoms with Gasteiger partial charge in [-0.1, -0.05) is 23.7 Å². The SMILES string of the molecule is CC(=O)Nc1ccc(N2C(=O)C(=O)/C(=C(/O)c3ccc([N+](=O)[O-])cc3)[C@H]2c2ccc(Cl)cc2)cc1. The van der Waals surface area contributed by atoms with Crippen LogP contribution >= 0.6 is 11.6 Å². The highest BCUT2D eigenvalue weighted by Gasteiger charge is 2.47. The van der Waals surface area contributed by atoms with Gasteiger partial charge in [-0.05, 0) is 54.1 Å². The Labute approximate surface area is 204 Å². The zero-order valence-corrected chi connectivity index (χ0v) is 19.0. The first-order valence-electron chi connectivity index (χ1n) is 10.4. The van der Waals surface area contributed by atoms with Crippen molar-refractivity contribution in [1.82, 2.24) is 0 Å². The second kappa shape index (κ2) is 9.40. The van der Waals surface area contributed by atoms with E-state index in [1.807, 2.05) is 0 Å². The summed E-state index contributed by atoms with van der Waals surface area (Å²) in [4.78, 5) is 49.3. The van der Waals surface area contributed by atoms with Gasteiger partial charge in [0.2, 0.25) is 5.91 Å². The molecule has 0 aromatic heterocycles. The number of anilines is 2. The highest BCUT2D eigenvalue weighted by molar-refractivity contribution is 6.51. The van der Waals surface area contributed by atoms with Gasteiger partial charge in [0.25, 0.3) is 17.4 Å². The Morgan fingerprint density at radius 1 is 1.00 bits per heavy atom. The minimum Gasteiger partial charge on any atom is -0.507 e. The number of nitrogens with one attached hydrogen (secondary N) is 1. The lowest BCUT2D eigenvalue weighted by molar-refractivity contribution is -0.384. The number of ketones is 1. The highest BCUT2D eigenvalue weighted by atomic mass is 35.5. The molecule has 2 N–H and O–H groups in total. The summed E-state index contributed by atoms with van der Waals surface area (Å²) in [7, 11) is 0. The van der Waals surface area contributed by atoms with Crippen molar-refractivity contribution in [1.29, 1.82) is 0 Å². The second-order valence-electron chi connectivity index (χ2n) is 7.75. The van der Waals surface area contributed by atoms with E-state index >= 15 is 0 Å². The first kappa shape index (κ1) is 23.7. The number of amides is 2. The third-order valence-corrected chi connectivity index (χ3v) is 5.70. The number of nitrogens with zero attached hydrogens (tertiary/aromatic N) is 2. The van der Waals surface area contributed by atoms with Crippen molar-refractivity contribution in [3.8, 4) is 0 Å². The molecule has 0 aliphatic carbocycles. The van der Waals surface area contributed by atoms with E-state index in [4.69, 9.17) is 11.6 Å². The lowest BCUT2D eigenvalue weighted by Crippen LogP contribution is -2.29. The molecule has 2 amide bonds. The number of carbonyl (C=O) groups is 3. The summed E-state index contributed by atoms with van der Waals surface area (Å²) in [6.45, 7) is 1.37. The molecule has 10 heteroatoms. The minimum atomic E-state index is -0.992. The average Bonchev–Trinajstić information content (AvgIpc) is 3.10. The smallest absolute Gasteiger partial charge is 0.300 e. The molecule has 4 rings (SSSR count). The maximum absolute atomic E-state index is 13.2. The van der Waals surface area contributed by atoms with Crippen LogP contribution in [0.15, 0.2) is 78.4 Å². The number of benzene rings is 3. The standard InChI is InChI=1S/C25H18ClN3O6/c1-14(30)27-18-8-12-19(13-9-18)28-22(15-2-6-17(26)7-3-15)21(24(32)25(28)33)23(31)16-4-10-20(11-5-16)29(34)35/h2-13,22,31H,1H3,(H,27,30)/b23-21+/t22-/m1/s1. The van der Waals surface area contributed by atoms with E-state index < -0.39 is 28.4 Å². The molecule has 9 nitrogen and oxygen atoms in total. The van der Waals surface area contributed by atoms with Crippen LogP contribution in [0.5, 0.6) is 0 Å². The summed E-state index contributed by atoms with van der Waals surface area (Å²) in [5.74, 6) is -2.49. The monoisotopic (exact) mass is 491 g/mol. The summed E-state index contributed by atoms with van der Waals surface area (Å²) < 4.78 is 0. The lowest BCUT2D eigenvalue weighted by Gasteiger charge is -2.25. The van der Waals surface area contributed by atoms with E-state index in [9.17, 15) is 29.6 Å². The van der Waals surface area contributed by atoms with Crippen molar-refractivity contribution in [2.24, 2.45) is 0 Å². The number of Topliss-reactive ketones (excluding diaryl/α,β-unsaturated/α-hetero) is 1. The van der Waals surface area contributed by atoms with Crippen LogP contribution in [-0.2, 0) is 14.4 Å². The molecule has 1 saturated heterocycles. The van der Waals surface area contributed by atoms with Gasteiger partial charge in [-0.25, -0.2) is 0 Å². The summed E-state index contributed by atoms with van der Waals surface area (Å²) in [5, 5.41) is 25.1. The molecule has 3 aromatic rings. The van der Waals surface area contributed by atoms with Crippen LogP contribution in [0.25, 0.3) is 5.76 Å². The summed E-state index contributed by atoms with van der Waals surface area (Å²) >= 11 is 6.02. The number of rotatable bonds is 5. The molecule has 1 aliphatic rings. The molecule has 1 fully saturated rings. The van der Waals surface area contributed by atoms with E-state index in [-0.39, 0.29) is 22.7 Å². The van der Waals surface area contributed by atoms with Crippen LogP contribution in [0.2, 0.25) is 5.02 Å². The maximum Gasteiger partial charge on any atom is 0.300 e. The molecule has 1 atom stereocenters. The first-order valence-corrected chi connectivity index (χ1v) is 10.7. The van der Waals surface area contributed by atoms with Crippen LogP contribution in [0.3, 0.4) is 0 Å². The zero-order chi connectivity index (χ0) is 25.3. The summed E-state index contributed by atoms with van der Waals surface area (Å²) in [6, 6.07) is 16.8. The predicted octanol–water partition coefficient (Wildman–Crippen LogP) is 4.83. The maximum atomic E-state index is 13.2. The van der Waals surface area contributed by atoms with Gasteiger partial charge in [-0.15, -0.1) is 0 Å². The van der Waals surface area contributed by atoms with Crippen molar-refractivity contribution < 1.29 is 24.4 Å². The number of nitro benzene ring substituents is 1. The number of aliphatic hydroxyl groups excluding tert-OH is 1. The highest BCUT2D eigenvalue weighted by Crippen LogP contribution is 2.42. The average molecular weight is 492 g/mol. The number of non-ortho nitro benzene ring substituents is 1. The summed E-state index contributed by atoms with van der Waals surface area (Å²) in [6.07, 6.45) is 0. The van der Waals surface area contributed by atoms with Gasteiger partial charge in [0.1, 0.15) is 5.76 Å². The Balaban J connectivity index is 1.85.